The van der Waals surface area contributed by atoms with Crippen LogP contribution in [0.15, 0.2) is 108 Å². The van der Waals surface area contributed by atoms with Crippen LogP contribution in [0.3, 0.4) is 0 Å². The van der Waals surface area contributed by atoms with Gasteiger partial charge in [-0.25, -0.2) is 4.98 Å². The minimum absolute atomic E-state index is 0.232. The van der Waals surface area contributed by atoms with Crippen molar-refractivity contribution in [3.05, 3.63) is 115 Å². The van der Waals surface area contributed by atoms with E-state index in [-0.39, 0.29) is 5.75 Å². The fourth-order valence-corrected chi connectivity index (χ4v) is 5.38. The highest BCUT2D eigenvalue weighted by molar-refractivity contribution is 6.11. The number of nitrogens with one attached hydrogen (secondary N) is 1. The second-order valence-electron chi connectivity index (χ2n) is 9.62. The number of aromatic nitrogens is 3. The second kappa shape index (κ2) is 9.20. The second-order valence-corrected chi connectivity index (χ2v) is 9.62. The minimum Gasteiger partial charge on any atom is -0.507 e. The van der Waals surface area contributed by atoms with Crippen LogP contribution in [0.25, 0.3) is 55.4 Å². The van der Waals surface area contributed by atoms with Gasteiger partial charge < -0.3 is 14.5 Å². The summed E-state index contributed by atoms with van der Waals surface area (Å²) in [6.45, 7) is 0. The Hall–Kier alpha value is -4.90. The maximum Gasteiger partial charge on any atom is 0.148 e. The topological polar surface area (TPSA) is 74.9 Å². The van der Waals surface area contributed by atoms with Gasteiger partial charge in [0.1, 0.15) is 22.7 Å². The maximum absolute atomic E-state index is 11.6. The fourth-order valence-electron chi connectivity index (χ4n) is 5.38. The van der Waals surface area contributed by atoms with Crippen molar-refractivity contribution in [1.82, 2.24) is 15.0 Å². The Morgan fingerprint density at radius 3 is 2.39 bits per heavy atom. The molecule has 0 atom stereocenters. The zero-order valence-electron chi connectivity index (χ0n) is 20.7. The van der Waals surface area contributed by atoms with Gasteiger partial charge in [-0.05, 0) is 47.9 Å². The Labute approximate surface area is 219 Å². The summed E-state index contributed by atoms with van der Waals surface area (Å²) in [5.74, 6) is 0.981. The average molecular weight is 496 g/mol. The number of imidazole rings is 1. The molecule has 0 saturated carbocycles. The van der Waals surface area contributed by atoms with Gasteiger partial charge in [0, 0.05) is 34.1 Å². The normalized spacial score (nSPS) is 11.6. The third-order valence-electron chi connectivity index (χ3n) is 7.26. The Balaban J connectivity index is 1.30. The highest BCUT2D eigenvalue weighted by Crippen LogP contribution is 2.43. The number of phenols is 1. The Morgan fingerprint density at radius 1 is 0.737 bits per heavy atom. The molecule has 0 amide bonds. The van der Waals surface area contributed by atoms with Crippen molar-refractivity contribution in [3.8, 4) is 28.4 Å². The number of aryl methyl sites for hydroxylation is 2. The Bertz CT molecular complexity index is 1910. The summed E-state index contributed by atoms with van der Waals surface area (Å²) in [5.41, 5.74) is 5.93. The number of benzene rings is 4. The number of furan rings is 1. The molecule has 3 heterocycles. The average Bonchev–Trinajstić information content (AvgIpc) is 3.59. The number of rotatable bonds is 6. The minimum atomic E-state index is 0.232. The molecule has 3 aromatic heterocycles. The standard InChI is InChI=1S/C33H25N3O2/c37-31-22(12-8-13-24-19-34-18-23-11-4-5-14-25(23)24)17-27-26-15-6-7-16-29(26)38-32(27)30(31)28-20-35-33(36-28)21-9-2-1-3-10-21/h1-7,9-11,14-20,37H,8,12-13H2,(H,35,36). The van der Waals surface area contributed by atoms with Crippen LogP contribution in [0.4, 0.5) is 0 Å². The smallest absolute Gasteiger partial charge is 0.148 e. The monoisotopic (exact) mass is 495 g/mol. The predicted octanol–water partition coefficient (Wildman–Crippen LogP) is 8.07. The predicted molar refractivity (Wildman–Crippen MR) is 152 cm³/mol. The van der Waals surface area contributed by atoms with Crippen LogP contribution in [-0.2, 0) is 12.8 Å². The van der Waals surface area contributed by atoms with E-state index < -0.39 is 0 Å². The number of hydrogen-bond acceptors (Lipinski definition) is 4. The molecular weight excluding hydrogens is 470 g/mol. The van der Waals surface area contributed by atoms with Crippen LogP contribution < -0.4 is 0 Å². The first kappa shape index (κ1) is 22.3. The van der Waals surface area contributed by atoms with Crippen LogP contribution in [0, 0.1) is 0 Å². The first-order chi connectivity index (χ1) is 18.8. The van der Waals surface area contributed by atoms with E-state index >= 15 is 0 Å². The van der Waals surface area contributed by atoms with E-state index in [0.29, 0.717) is 11.1 Å². The van der Waals surface area contributed by atoms with Crippen LogP contribution in [0.5, 0.6) is 5.75 Å². The van der Waals surface area contributed by atoms with E-state index in [1.807, 2.05) is 67.0 Å². The lowest BCUT2D eigenvalue weighted by Crippen LogP contribution is -1.95. The van der Waals surface area contributed by atoms with Gasteiger partial charge in [0.2, 0.25) is 0 Å². The molecule has 0 bridgehead atoms. The zero-order valence-corrected chi connectivity index (χ0v) is 20.7. The molecule has 7 rings (SSSR count). The number of aromatic amines is 1. The molecule has 0 spiro atoms. The van der Waals surface area contributed by atoms with Gasteiger partial charge in [-0.2, -0.15) is 0 Å². The number of phenolic OH excluding ortho intramolecular Hbond substituents is 1. The summed E-state index contributed by atoms with van der Waals surface area (Å²) in [4.78, 5) is 12.5. The summed E-state index contributed by atoms with van der Waals surface area (Å²) < 4.78 is 6.29. The Morgan fingerprint density at radius 2 is 1.50 bits per heavy atom. The molecule has 0 aliphatic carbocycles. The third-order valence-corrected chi connectivity index (χ3v) is 7.26. The molecule has 0 fully saturated rings. The number of pyridine rings is 1. The highest BCUT2D eigenvalue weighted by Gasteiger charge is 2.21. The molecule has 38 heavy (non-hydrogen) atoms. The lowest BCUT2D eigenvalue weighted by molar-refractivity contribution is 0.468. The van der Waals surface area contributed by atoms with E-state index in [0.717, 1.165) is 63.6 Å². The van der Waals surface area contributed by atoms with E-state index in [2.05, 4.69) is 45.3 Å². The number of nitrogens with zero attached hydrogens (tertiary/aromatic N) is 2. The number of fused-ring (bicyclic) bond motifs is 4. The maximum atomic E-state index is 11.6. The van der Waals surface area contributed by atoms with Gasteiger partial charge in [-0.15, -0.1) is 0 Å². The van der Waals surface area contributed by atoms with E-state index in [4.69, 9.17) is 4.42 Å². The van der Waals surface area contributed by atoms with Gasteiger partial charge in [0.05, 0.1) is 17.5 Å². The van der Waals surface area contributed by atoms with Crippen molar-refractivity contribution in [1.29, 1.82) is 0 Å². The first-order valence-corrected chi connectivity index (χ1v) is 12.8. The van der Waals surface area contributed by atoms with Crippen molar-refractivity contribution >= 4 is 32.7 Å². The number of H-pyrrole nitrogens is 1. The molecule has 0 unspecified atom stereocenters. The molecule has 7 aromatic rings. The van der Waals surface area contributed by atoms with Crippen LogP contribution in [0.1, 0.15) is 17.5 Å². The van der Waals surface area contributed by atoms with Gasteiger partial charge in [0.15, 0.2) is 0 Å². The largest absolute Gasteiger partial charge is 0.507 e. The van der Waals surface area contributed by atoms with Gasteiger partial charge >= 0.3 is 0 Å². The first-order valence-electron chi connectivity index (χ1n) is 12.8. The third kappa shape index (κ3) is 3.80. The van der Waals surface area contributed by atoms with E-state index in [9.17, 15) is 5.11 Å². The summed E-state index contributed by atoms with van der Waals surface area (Å²) in [5, 5.41) is 16.0. The Kier molecular flexibility index (Phi) is 5.40. The van der Waals surface area contributed by atoms with Gasteiger partial charge in [0.25, 0.3) is 0 Å². The van der Waals surface area contributed by atoms with E-state index in [1.165, 1.54) is 10.9 Å². The molecule has 0 aliphatic rings. The SMILES string of the molecule is Oc1c(CCCc2cncc3ccccc23)cc2c(oc3ccccc32)c1-c1cnc(-c2ccccc2)[nH]1. The molecule has 0 aliphatic heterocycles. The highest BCUT2D eigenvalue weighted by atomic mass is 16.3. The fraction of sp³-hybridized carbons (Fsp3) is 0.0909. The van der Waals surface area contributed by atoms with Crippen LogP contribution in [0.2, 0.25) is 0 Å². The number of aromatic hydroxyl groups is 1. The summed E-state index contributed by atoms with van der Waals surface area (Å²) in [6, 6.07) is 28.4. The van der Waals surface area contributed by atoms with E-state index in [1.54, 1.807) is 6.20 Å². The quantitative estimate of drug-likeness (QED) is 0.245. The molecule has 5 nitrogen and oxygen atoms in total. The zero-order chi connectivity index (χ0) is 25.5. The van der Waals surface area contributed by atoms with Crippen LogP contribution in [-0.4, -0.2) is 20.1 Å². The van der Waals surface area contributed by atoms with Crippen molar-refractivity contribution in [2.75, 3.05) is 0 Å². The van der Waals surface area contributed by atoms with Crippen LogP contribution >= 0.6 is 0 Å². The van der Waals surface area contributed by atoms with Crippen molar-refractivity contribution in [2.45, 2.75) is 19.3 Å². The summed E-state index contributed by atoms with van der Waals surface area (Å²) in [7, 11) is 0. The summed E-state index contributed by atoms with van der Waals surface area (Å²) >= 11 is 0. The van der Waals surface area contributed by atoms with Crippen molar-refractivity contribution in [3.63, 3.8) is 0 Å². The number of hydrogen-bond donors (Lipinski definition) is 2. The van der Waals surface area contributed by atoms with Crippen molar-refractivity contribution < 1.29 is 9.52 Å². The lowest BCUT2D eigenvalue weighted by Gasteiger charge is -2.11. The number of para-hydroxylation sites is 1. The molecular formula is C33H25N3O2. The molecule has 0 saturated heterocycles. The molecule has 4 aromatic carbocycles. The lowest BCUT2D eigenvalue weighted by atomic mass is 9.96. The molecule has 0 radical (unpaired) electrons. The molecule has 184 valence electrons. The van der Waals surface area contributed by atoms with Gasteiger partial charge in [-0.1, -0.05) is 72.8 Å². The summed E-state index contributed by atoms with van der Waals surface area (Å²) in [6.07, 6.45) is 8.10. The molecule has 5 heteroatoms. The van der Waals surface area contributed by atoms with Crippen molar-refractivity contribution in [2.24, 2.45) is 0 Å². The molecule has 2 N–H and O–H groups in total. The van der Waals surface area contributed by atoms with Gasteiger partial charge in [-0.3, -0.25) is 4.98 Å².